The molecule has 0 saturated carbocycles. The van der Waals surface area contributed by atoms with Gasteiger partial charge in [0.15, 0.2) is 0 Å². The van der Waals surface area contributed by atoms with Crippen LogP contribution in [0.3, 0.4) is 0 Å². The molecular formula is C24H28N4O4S. The largest absolute Gasteiger partial charge is 0.367 e. The summed E-state index contributed by atoms with van der Waals surface area (Å²) in [7, 11) is -3.39. The van der Waals surface area contributed by atoms with Gasteiger partial charge in [-0.3, -0.25) is 4.79 Å². The summed E-state index contributed by atoms with van der Waals surface area (Å²) in [6.07, 6.45) is 1.56. The summed E-state index contributed by atoms with van der Waals surface area (Å²) in [4.78, 5) is 12.7. The first-order valence-corrected chi connectivity index (χ1v) is 12.6. The van der Waals surface area contributed by atoms with Crippen LogP contribution in [0.15, 0.2) is 53.4 Å². The van der Waals surface area contributed by atoms with Crippen LogP contribution in [0.1, 0.15) is 18.4 Å². The van der Waals surface area contributed by atoms with Crippen molar-refractivity contribution in [2.45, 2.75) is 36.3 Å². The van der Waals surface area contributed by atoms with Crippen molar-refractivity contribution in [1.29, 1.82) is 5.26 Å². The van der Waals surface area contributed by atoms with Crippen LogP contribution in [0.25, 0.3) is 11.1 Å². The fourth-order valence-corrected chi connectivity index (χ4v) is 5.36. The summed E-state index contributed by atoms with van der Waals surface area (Å²) in [6, 6.07) is 16.1. The minimum Gasteiger partial charge on any atom is -0.367 e. The summed E-state index contributed by atoms with van der Waals surface area (Å²) < 4.78 is 32.0. The fraction of sp³-hybridized carbons (Fsp3) is 0.417. The molecule has 0 aromatic heterocycles. The zero-order valence-corrected chi connectivity index (χ0v) is 19.2. The van der Waals surface area contributed by atoms with Crippen molar-refractivity contribution in [2.24, 2.45) is 0 Å². The summed E-state index contributed by atoms with van der Waals surface area (Å²) in [5.74, 6) is -0.277. The molecule has 0 spiro atoms. The molecule has 2 aliphatic rings. The Morgan fingerprint density at radius 1 is 1.12 bits per heavy atom. The molecule has 2 saturated heterocycles. The number of carbonyl (C=O) groups excluding carboxylic acids is 1. The topological polar surface area (TPSA) is 112 Å². The van der Waals surface area contributed by atoms with E-state index in [4.69, 9.17) is 4.74 Å². The number of benzene rings is 2. The first-order valence-electron chi connectivity index (χ1n) is 11.2. The van der Waals surface area contributed by atoms with E-state index in [1.807, 2.05) is 24.3 Å². The average Bonchev–Trinajstić information content (AvgIpc) is 3.07. The zero-order valence-electron chi connectivity index (χ0n) is 18.4. The first-order chi connectivity index (χ1) is 16.0. The Kier molecular flexibility index (Phi) is 7.40. The van der Waals surface area contributed by atoms with Crippen molar-refractivity contribution >= 4 is 15.9 Å². The summed E-state index contributed by atoms with van der Waals surface area (Å²) in [5.41, 5.74) is 2.77. The number of ether oxygens (including phenoxy) is 1. The van der Waals surface area contributed by atoms with E-state index in [1.54, 1.807) is 24.3 Å². The summed E-state index contributed by atoms with van der Waals surface area (Å²) >= 11 is 0. The molecule has 1 unspecified atom stereocenters. The molecule has 2 aromatic carbocycles. The number of amides is 1. The van der Waals surface area contributed by atoms with Gasteiger partial charge in [0.1, 0.15) is 12.1 Å². The van der Waals surface area contributed by atoms with Gasteiger partial charge in [-0.1, -0.05) is 36.4 Å². The SMILES string of the molecule is N#CC(Cc1ccc(-c2ccc(S(=O)(=O)N3CCC3)cc2)cc1)NC(=O)[C@@H]1CNCCCO1. The standard InChI is InChI=1S/C24H28N4O4S/c25-16-21(27-24(29)23-17-26-11-1-14-32-23)15-18-3-5-19(6-4-18)20-7-9-22(10-8-20)33(30,31)28-12-2-13-28/h3-10,21,23,26H,1-2,11-15,17H2,(H,27,29)/t21?,23-/m0/s1. The van der Waals surface area contributed by atoms with E-state index >= 15 is 0 Å². The molecule has 0 radical (unpaired) electrons. The average molecular weight is 469 g/mol. The fourth-order valence-electron chi connectivity index (χ4n) is 3.84. The molecule has 2 atom stereocenters. The van der Waals surface area contributed by atoms with Gasteiger partial charge in [-0.25, -0.2) is 8.42 Å². The number of hydrogen-bond acceptors (Lipinski definition) is 6. The molecule has 2 aliphatic heterocycles. The Labute approximate surface area is 194 Å². The Hall–Kier alpha value is -2.77. The Bertz CT molecular complexity index is 1100. The normalized spacial score (nSPS) is 20.2. The smallest absolute Gasteiger partial charge is 0.251 e. The third-order valence-electron chi connectivity index (χ3n) is 5.95. The van der Waals surface area contributed by atoms with Crippen LogP contribution in [0, 0.1) is 11.3 Å². The van der Waals surface area contributed by atoms with Gasteiger partial charge in [0, 0.05) is 32.7 Å². The first kappa shape index (κ1) is 23.4. The van der Waals surface area contributed by atoms with Crippen molar-refractivity contribution in [2.75, 3.05) is 32.8 Å². The summed E-state index contributed by atoms with van der Waals surface area (Å²) in [5, 5.41) is 15.4. The van der Waals surface area contributed by atoms with Crippen molar-refractivity contribution in [3.8, 4) is 17.2 Å². The lowest BCUT2D eigenvalue weighted by atomic mass is 10.0. The Morgan fingerprint density at radius 3 is 2.39 bits per heavy atom. The van der Waals surface area contributed by atoms with Gasteiger partial charge in [-0.2, -0.15) is 9.57 Å². The maximum atomic E-state index is 12.5. The summed E-state index contributed by atoms with van der Waals surface area (Å²) in [6.45, 7) is 2.95. The molecule has 2 fully saturated rings. The Morgan fingerprint density at radius 2 is 1.79 bits per heavy atom. The minimum atomic E-state index is -3.39. The van der Waals surface area contributed by atoms with Gasteiger partial charge < -0.3 is 15.4 Å². The number of nitrogens with one attached hydrogen (secondary N) is 2. The second-order valence-electron chi connectivity index (χ2n) is 8.29. The number of rotatable bonds is 7. The van der Waals surface area contributed by atoms with Crippen molar-refractivity contribution in [3.63, 3.8) is 0 Å². The van der Waals surface area contributed by atoms with Gasteiger partial charge >= 0.3 is 0 Å². The second-order valence-corrected chi connectivity index (χ2v) is 10.2. The third-order valence-corrected chi connectivity index (χ3v) is 7.86. The number of nitrogens with zero attached hydrogens (tertiary/aromatic N) is 2. The molecule has 9 heteroatoms. The van der Waals surface area contributed by atoms with E-state index in [2.05, 4.69) is 16.7 Å². The number of carbonyl (C=O) groups is 1. The molecule has 2 heterocycles. The lowest BCUT2D eigenvalue weighted by Crippen LogP contribution is -2.46. The highest BCUT2D eigenvalue weighted by Crippen LogP contribution is 2.25. The Balaban J connectivity index is 1.37. The predicted molar refractivity (Wildman–Crippen MR) is 124 cm³/mol. The highest BCUT2D eigenvalue weighted by Gasteiger charge is 2.29. The molecule has 2 aromatic rings. The van der Waals surface area contributed by atoms with Gasteiger partial charge in [-0.15, -0.1) is 0 Å². The second kappa shape index (κ2) is 10.4. The van der Waals surface area contributed by atoms with E-state index in [1.165, 1.54) is 4.31 Å². The number of nitriles is 1. The van der Waals surface area contributed by atoms with Gasteiger partial charge in [0.25, 0.3) is 5.91 Å². The van der Waals surface area contributed by atoms with E-state index in [0.29, 0.717) is 37.6 Å². The zero-order chi connectivity index (χ0) is 23.3. The van der Waals surface area contributed by atoms with Gasteiger partial charge in [0.05, 0.1) is 11.0 Å². The molecular weight excluding hydrogens is 440 g/mol. The lowest BCUT2D eigenvalue weighted by molar-refractivity contribution is -0.132. The van der Waals surface area contributed by atoms with Crippen molar-refractivity contribution < 1.29 is 17.9 Å². The quantitative estimate of drug-likeness (QED) is 0.640. The number of hydrogen-bond donors (Lipinski definition) is 2. The maximum absolute atomic E-state index is 12.5. The van der Waals surface area contributed by atoms with Crippen LogP contribution >= 0.6 is 0 Å². The van der Waals surface area contributed by atoms with Crippen LogP contribution in [-0.4, -0.2) is 63.6 Å². The van der Waals surface area contributed by atoms with E-state index < -0.39 is 22.2 Å². The molecule has 0 bridgehead atoms. The molecule has 33 heavy (non-hydrogen) atoms. The molecule has 8 nitrogen and oxygen atoms in total. The van der Waals surface area contributed by atoms with Gasteiger partial charge in [0.2, 0.25) is 10.0 Å². The van der Waals surface area contributed by atoms with Crippen LogP contribution in [0.5, 0.6) is 0 Å². The maximum Gasteiger partial charge on any atom is 0.251 e. The lowest BCUT2D eigenvalue weighted by Gasteiger charge is -2.29. The van der Waals surface area contributed by atoms with E-state index in [9.17, 15) is 18.5 Å². The highest BCUT2D eigenvalue weighted by molar-refractivity contribution is 7.89. The van der Waals surface area contributed by atoms with Gasteiger partial charge in [-0.05, 0) is 48.2 Å². The van der Waals surface area contributed by atoms with Crippen molar-refractivity contribution in [1.82, 2.24) is 14.9 Å². The molecule has 2 N–H and O–H groups in total. The van der Waals surface area contributed by atoms with E-state index in [0.717, 1.165) is 36.1 Å². The third kappa shape index (κ3) is 5.60. The highest BCUT2D eigenvalue weighted by atomic mass is 32.2. The predicted octanol–water partition coefficient (Wildman–Crippen LogP) is 1.68. The molecule has 0 aliphatic carbocycles. The van der Waals surface area contributed by atoms with Crippen LogP contribution < -0.4 is 10.6 Å². The number of sulfonamides is 1. The monoisotopic (exact) mass is 468 g/mol. The van der Waals surface area contributed by atoms with E-state index in [-0.39, 0.29) is 5.91 Å². The molecule has 174 valence electrons. The van der Waals surface area contributed by atoms with Crippen LogP contribution in [0.4, 0.5) is 0 Å². The molecule has 1 amide bonds. The van der Waals surface area contributed by atoms with Crippen molar-refractivity contribution in [3.05, 3.63) is 54.1 Å². The van der Waals surface area contributed by atoms with Crippen LogP contribution in [-0.2, 0) is 26.0 Å². The van der Waals surface area contributed by atoms with Crippen LogP contribution in [0.2, 0.25) is 0 Å². The molecule has 4 rings (SSSR count). The minimum absolute atomic E-state index is 0.277.